The summed E-state index contributed by atoms with van der Waals surface area (Å²) < 4.78 is 10.8. The van der Waals surface area contributed by atoms with Gasteiger partial charge in [-0.15, -0.1) is 0 Å². The van der Waals surface area contributed by atoms with Crippen LogP contribution in [0.4, 0.5) is 0 Å². The molecule has 1 fully saturated rings. The van der Waals surface area contributed by atoms with Crippen molar-refractivity contribution < 1.29 is 19.1 Å². The number of carbonyl (C=O) groups excluding carboxylic acids is 2. The maximum Gasteiger partial charge on any atom is 0.329 e. The minimum Gasteiger partial charge on any atom is -0.467 e. The molecule has 2 aromatic rings. The number of benzene rings is 2. The topological polar surface area (TPSA) is 55.8 Å². The molecular weight excluding hydrogens is 338 g/mol. The van der Waals surface area contributed by atoms with Gasteiger partial charge in [-0.05, 0) is 16.3 Å². The lowest BCUT2D eigenvalue weighted by Crippen LogP contribution is -2.48. The van der Waals surface area contributed by atoms with Crippen molar-refractivity contribution >= 4 is 34.4 Å². The van der Waals surface area contributed by atoms with Crippen LogP contribution in [0.3, 0.4) is 0 Å². The van der Waals surface area contributed by atoms with Gasteiger partial charge in [0.2, 0.25) is 5.56 Å². The molecule has 0 N–H and O–H groups in total. The smallest absolute Gasteiger partial charge is 0.329 e. The van der Waals surface area contributed by atoms with Crippen molar-refractivity contribution in [2.75, 3.05) is 12.9 Å². The lowest BCUT2D eigenvalue weighted by atomic mass is 10.0. The first kappa shape index (κ1) is 16.0. The number of rotatable bonds is 3. The monoisotopic (exact) mass is 355 g/mol. The molecule has 5 nitrogen and oxygen atoms in total. The first-order valence-electron chi connectivity index (χ1n) is 8.03. The second-order valence-corrected chi connectivity index (χ2v) is 7.04. The minimum atomic E-state index is -0.581. The normalized spacial score (nSPS) is 22.4. The molecule has 2 aromatic carbocycles. The fraction of sp³-hybridized carbons (Fsp3) is 0.263. The van der Waals surface area contributed by atoms with E-state index >= 15 is 0 Å². The Morgan fingerprint density at radius 1 is 1.28 bits per heavy atom. The number of hydrogen-bond donors (Lipinski definition) is 0. The fourth-order valence-electron chi connectivity index (χ4n) is 3.25. The third kappa shape index (κ3) is 2.87. The molecule has 0 saturated carbocycles. The van der Waals surface area contributed by atoms with E-state index in [9.17, 15) is 9.59 Å². The molecule has 1 saturated heterocycles. The number of carbonyl (C=O) groups is 2. The van der Waals surface area contributed by atoms with E-state index < -0.39 is 17.6 Å². The van der Waals surface area contributed by atoms with E-state index in [4.69, 9.17) is 9.47 Å². The average molecular weight is 355 g/mol. The zero-order valence-corrected chi connectivity index (χ0v) is 14.5. The Morgan fingerprint density at radius 2 is 2.08 bits per heavy atom. The minimum absolute atomic E-state index is 0.202. The first-order valence-corrected chi connectivity index (χ1v) is 9.08. The second kappa shape index (κ2) is 6.44. The Bertz CT molecular complexity index is 873. The molecule has 2 atom stereocenters. The first-order chi connectivity index (χ1) is 12.2. The molecule has 2 aliphatic rings. The van der Waals surface area contributed by atoms with Crippen LogP contribution in [0.15, 0.2) is 54.3 Å². The number of methoxy groups -OCH3 is 1. The molecular formula is C19H17NO4S. The highest BCUT2D eigenvalue weighted by Gasteiger charge is 2.45. The molecule has 0 aromatic heterocycles. The Balaban J connectivity index is 1.60. The molecule has 0 spiro atoms. The highest BCUT2D eigenvalue weighted by molar-refractivity contribution is 8.00. The Morgan fingerprint density at radius 3 is 2.92 bits per heavy atom. The number of thioether (sulfide) groups is 1. The number of fused-ring (bicyclic) bond motifs is 2. The van der Waals surface area contributed by atoms with Crippen molar-refractivity contribution in [2.45, 2.75) is 18.0 Å². The highest BCUT2D eigenvalue weighted by Crippen LogP contribution is 2.36. The van der Waals surface area contributed by atoms with Gasteiger partial charge in [-0.2, -0.15) is 0 Å². The van der Waals surface area contributed by atoms with Gasteiger partial charge in [0, 0.05) is 18.2 Å². The van der Waals surface area contributed by atoms with Crippen LogP contribution in [-0.2, 0) is 25.5 Å². The molecule has 1 amide bonds. The van der Waals surface area contributed by atoms with Crippen molar-refractivity contribution in [3.05, 3.63) is 59.9 Å². The molecule has 2 heterocycles. The average Bonchev–Trinajstić information content (AvgIpc) is 3.06. The number of nitrogens with zero attached hydrogens (tertiary/aromatic N) is 1. The number of ether oxygens (including phenoxy) is 2. The molecule has 0 radical (unpaired) electrons. The van der Waals surface area contributed by atoms with Crippen LogP contribution in [0.5, 0.6) is 0 Å². The Kier molecular flexibility index (Phi) is 4.13. The summed E-state index contributed by atoms with van der Waals surface area (Å²) in [6.45, 7) is 0. The standard InChI is InChI=1S/C19H17NO4S/c1-23-18(22)16-11-25-19-20(16)17(21)10-14(24-19)9-13-7-4-6-12-5-2-3-8-15(12)13/h2-8,10,16,19H,9,11H2,1H3/t16-,19+/m0/s1. The van der Waals surface area contributed by atoms with Crippen molar-refractivity contribution in [3.8, 4) is 0 Å². The van der Waals surface area contributed by atoms with Crippen LogP contribution in [0.2, 0.25) is 0 Å². The molecule has 2 aliphatic heterocycles. The molecule has 25 heavy (non-hydrogen) atoms. The Hall–Kier alpha value is -2.47. The maximum atomic E-state index is 12.5. The lowest BCUT2D eigenvalue weighted by Gasteiger charge is -2.31. The summed E-state index contributed by atoms with van der Waals surface area (Å²) in [4.78, 5) is 25.8. The predicted molar refractivity (Wildman–Crippen MR) is 95.7 cm³/mol. The summed E-state index contributed by atoms with van der Waals surface area (Å²) in [6.07, 6.45) is 2.03. The van der Waals surface area contributed by atoms with Gasteiger partial charge < -0.3 is 9.47 Å². The zero-order valence-electron chi connectivity index (χ0n) is 13.7. The van der Waals surface area contributed by atoms with E-state index in [0.29, 0.717) is 17.9 Å². The van der Waals surface area contributed by atoms with Gasteiger partial charge in [0.15, 0.2) is 0 Å². The van der Waals surface area contributed by atoms with Crippen LogP contribution in [0.25, 0.3) is 10.8 Å². The zero-order chi connectivity index (χ0) is 17.4. The summed E-state index contributed by atoms with van der Waals surface area (Å²) in [5, 5.41) is 2.31. The molecule has 128 valence electrons. The van der Waals surface area contributed by atoms with E-state index in [2.05, 4.69) is 18.2 Å². The van der Waals surface area contributed by atoms with Crippen LogP contribution in [-0.4, -0.2) is 41.2 Å². The van der Waals surface area contributed by atoms with E-state index in [0.717, 1.165) is 16.3 Å². The fourth-order valence-corrected chi connectivity index (χ4v) is 4.50. The SMILES string of the molecule is COC(=O)[C@@H]1CS[C@H]2OC(Cc3cccc4ccccc34)=CC(=O)N21. The van der Waals surface area contributed by atoms with Crippen molar-refractivity contribution in [2.24, 2.45) is 0 Å². The van der Waals surface area contributed by atoms with Crippen molar-refractivity contribution in [3.63, 3.8) is 0 Å². The highest BCUT2D eigenvalue weighted by atomic mass is 32.2. The summed E-state index contributed by atoms with van der Waals surface area (Å²) in [6, 6.07) is 13.7. The van der Waals surface area contributed by atoms with E-state index in [1.165, 1.54) is 29.8 Å². The van der Waals surface area contributed by atoms with E-state index in [1.54, 1.807) is 0 Å². The quantitative estimate of drug-likeness (QED) is 0.793. The molecule has 0 bridgehead atoms. The number of amides is 1. The van der Waals surface area contributed by atoms with Crippen LogP contribution < -0.4 is 0 Å². The maximum absolute atomic E-state index is 12.5. The number of esters is 1. The number of allylic oxidation sites excluding steroid dienone is 1. The molecule has 0 aliphatic carbocycles. The third-order valence-corrected chi connectivity index (χ3v) is 5.59. The lowest BCUT2D eigenvalue weighted by molar-refractivity contribution is -0.155. The summed E-state index contributed by atoms with van der Waals surface area (Å²) in [5.41, 5.74) is 0.643. The third-order valence-electron chi connectivity index (χ3n) is 4.47. The van der Waals surface area contributed by atoms with Gasteiger partial charge in [-0.25, -0.2) is 4.79 Å². The molecule has 0 unspecified atom stereocenters. The van der Waals surface area contributed by atoms with Gasteiger partial charge in [0.25, 0.3) is 5.91 Å². The van der Waals surface area contributed by atoms with Crippen molar-refractivity contribution in [1.29, 1.82) is 0 Å². The van der Waals surface area contributed by atoms with Crippen LogP contribution in [0.1, 0.15) is 5.56 Å². The second-order valence-electron chi connectivity index (χ2n) is 5.97. The number of hydrogen-bond acceptors (Lipinski definition) is 5. The van der Waals surface area contributed by atoms with E-state index in [1.807, 2.05) is 24.3 Å². The Labute approximate surface area is 149 Å². The van der Waals surface area contributed by atoms with Gasteiger partial charge in [0.1, 0.15) is 11.8 Å². The van der Waals surface area contributed by atoms with Gasteiger partial charge >= 0.3 is 5.97 Å². The van der Waals surface area contributed by atoms with Crippen molar-refractivity contribution in [1.82, 2.24) is 4.90 Å². The largest absolute Gasteiger partial charge is 0.467 e. The van der Waals surface area contributed by atoms with E-state index in [-0.39, 0.29) is 5.91 Å². The van der Waals surface area contributed by atoms with Gasteiger partial charge in [0.05, 0.1) is 7.11 Å². The van der Waals surface area contributed by atoms with Crippen LogP contribution >= 0.6 is 11.8 Å². The summed E-state index contributed by atoms with van der Waals surface area (Å²) in [7, 11) is 1.33. The molecule has 6 heteroatoms. The predicted octanol–water partition coefficient (Wildman–Crippen LogP) is 2.70. The molecule has 4 rings (SSSR count). The van der Waals surface area contributed by atoms with Gasteiger partial charge in [-0.1, -0.05) is 54.2 Å². The van der Waals surface area contributed by atoms with Gasteiger partial charge in [-0.3, -0.25) is 9.69 Å². The van der Waals surface area contributed by atoms with Crippen LogP contribution in [0, 0.1) is 0 Å². The summed E-state index contributed by atoms with van der Waals surface area (Å²) >= 11 is 1.44. The summed E-state index contributed by atoms with van der Waals surface area (Å²) in [5.74, 6) is 0.503.